The monoisotopic (exact) mass is 496 g/mol. The normalized spacial score (nSPS) is 16.4. The number of nitrogens with one attached hydrogen (secondary N) is 2. The first-order chi connectivity index (χ1) is 17.6. The highest BCUT2D eigenvalue weighted by Crippen LogP contribution is 2.33. The number of benzene rings is 1. The van der Waals surface area contributed by atoms with Gasteiger partial charge in [-0.05, 0) is 18.6 Å². The summed E-state index contributed by atoms with van der Waals surface area (Å²) >= 11 is 0. The van der Waals surface area contributed by atoms with Crippen molar-refractivity contribution in [3.05, 3.63) is 35.7 Å². The molecule has 1 unspecified atom stereocenters. The van der Waals surface area contributed by atoms with Crippen LogP contribution in [-0.2, 0) is 14.4 Å². The van der Waals surface area contributed by atoms with Gasteiger partial charge in [0.2, 0.25) is 0 Å². The molecule has 0 radical (unpaired) electrons. The van der Waals surface area contributed by atoms with E-state index in [0.29, 0.717) is 22.9 Å². The zero-order chi connectivity index (χ0) is 25.8. The molecule has 1 saturated heterocycles. The second-order valence-electron chi connectivity index (χ2n) is 9.16. The summed E-state index contributed by atoms with van der Waals surface area (Å²) in [6, 6.07) is 8.77. The van der Waals surface area contributed by atoms with Crippen molar-refractivity contribution in [3.8, 4) is 11.8 Å². The zero-order valence-corrected chi connectivity index (χ0v) is 21.0. The van der Waals surface area contributed by atoms with E-state index in [4.69, 9.17) is 4.74 Å². The van der Waals surface area contributed by atoms with E-state index in [1.165, 1.54) is 64.2 Å². The van der Waals surface area contributed by atoms with Gasteiger partial charge in [0.25, 0.3) is 11.8 Å². The predicted molar refractivity (Wildman–Crippen MR) is 134 cm³/mol. The number of nitrogens with zero attached hydrogens (tertiary/aromatic N) is 2. The first-order valence-electron chi connectivity index (χ1n) is 13.1. The number of anilines is 1. The lowest BCUT2D eigenvalue weighted by molar-refractivity contribution is -0.127. The molecule has 2 N–H and O–H groups in total. The standard InChI is InChI=1S/C27H36N4O5/c1-2-3-4-5-6-7-8-9-10-11-12-15-18-35-22-17-14-13-16-21(22)29-25(32)23-20(19-28)26(33)31-24(23)30-36-27(31)34/h13-14,16-17,20,30H,2-12,15,18H2,1H3,(H,29,32). The molecule has 2 aliphatic rings. The van der Waals surface area contributed by atoms with E-state index in [-0.39, 0.29) is 11.4 Å². The third kappa shape index (κ3) is 7.00. The van der Waals surface area contributed by atoms with Crippen LogP contribution in [0.5, 0.6) is 5.75 Å². The van der Waals surface area contributed by atoms with Crippen molar-refractivity contribution < 1.29 is 24.0 Å². The van der Waals surface area contributed by atoms with Crippen LogP contribution in [0.3, 0.4) is 0 Å². The number of imide groups is 1. The second kappa shape index (κ2) is 14.1. The van der Waals surface area contributed by atoms with E-state index in [1.807, 2.05) is 0 Å². The molecule has 0 spiro atoms. The van der Waals surface area contributed by atoms with Crippen molar-refractivity contribution in [1.82, 2.24) is 10.4 Å². The Morgan fingerprint density at radius 2 is 1.64 bits per heavy atom. The Balaban J connectivity index is 1.40. The maximum absolute atomic E-state index is 13.0. The second-order valence-corrected chi connectivity index (χ2v) is 9.16. The number of carbonyl (C=O) groups is 3. The fraction of sp³-hybridized carbons (Fsp3) is 0.556. The third-order valence-electron chi connectivity index (χ3n) is 6.42. The molecule has 2 heterocycles. The number of rotatable bonds is 16. The quantitative estimate of drug-likeness (QED) is 0.288. The smallest absolute Gasteiger partial charge is 0.446 e. The van der Waals surface area contributed by atoms with Gasteiger partial charge in [-0.2, -0.15) is 15.6 Å². The molecule has 0 aromatic heterocycles. The molecule has 1 aromatic rings. The minimum absolute atomic E-state index is 0.121. The fourth-order valence-electron chi connectivity index (χ4n) is 4.41. The van der Waals surface area contributed by atoms with Crippen molar-refractivity contribution in [3.63, 3.8) is 0 Å². The first-order valence-corrected chi connectivity index (χ1v) is 13.1. The van der Waals surface area contributed by atoms with Crippen molar-refractivity contribution in [2.75, 3.05) is 11.9 Å². The largest absolute Gasteiger partial charge is 0.491 e. The Bertz CT molecular complexity index is 1000. The van der Waals surface area contributed by atoms with Gasteiger partial charge in [0.15, 0.2) is 11.7 Å². The van der Waals surface area contributed by atoms with Crippen LogP contribution in [0.1, 0.15) is 84.0 Å². The molecule has 36 heavy (non-hydrogen) atoms. The van der Waals surface area contributed by atoms with Crippen LogP contribution in [0.2, 0.25) is 0 Å². The van der Waals surface area contributed by atoms with Gasteiger partial charge in [0, 0.05) is 0 Å². The van der Waals surface area contributed by atoms with E-state index < -0.39 is 23.8 Å². The summed E-state index contributed by atoms with van der Waals surface area (Å²) in [5, 5.41) is 12.1. The molecule has 1 atom stereocenters. The van der Waals surface area contributed by atoms with Gasteiger partial charge >= 0.3 is 6.09 Å². The summed E-state index contributed by atoms with van der Waals surface area (Å²) in [4.78, 5) is 42.3. The number of carbonyl (C=O) groups excluding carboxylic acids is 3. The maximum Gasteiger partial charge on any atom is 0.446 e. The number of hydrogen-bond donors (Lipinski definition) is 2. The van der Waals surface area contributed by atoms with Crippen LogP contribution in [0.15, 0.2) is 35.7 Å². The Labute approximate surface area is 212 Å². The number of amides is 3. The summed E-state index contributed by atoms with van der Waals surface area (Å²) in [7, 11) is 0. The Kier molecular flexibility index (Phi) is 10.6. The minimum Gasteiger partial charge on any atom is -0.491 e. The molecule has 9 heteroatoms. The molecule has 9 nitrogen and oxygen atoms in total. The number of fused-ring (bicyclic) bond motifs is 1. The molecule has 3 amide bonds. The van der Waals surface area contributed by atoms with Crippen LogP contribution in [0, 0.1) is 17.2 Å². The molecule has 1 aromatic carbocycles. The number of hydroxylamine groups is 1. The van der Waals surface area contributed by atoms with E-state index >= 15 is 0 Å². The Morgan fingerprint density at radius 1 is 1.03 bits per heavy atom. The number of nitriles is 1. The van der Waals surface area contributed by atoms with E-state index in [9.17, 15) is 19.6 Å². The summed E-state index contributed by atoms with van der Waals surface area (Å²) in [5.41, 5.74) is 2.52. The van der Waals surface area contributed by atoms with Gasteiger partial charge < -0.3 is 14.9 Å². The average molecular weight is 497 g/mol. The lowest BCUT2D eigenvalue weighted by Crippen LogP contribution is -2.30. The highest BCUT2D eigenvalue weighted by atomic mass is 16.7. The maximum atomic E-state index is 13.0. The number of unbranched alkanes of at least 4 members (excludes halogenated alkanes) is 11. The summed E-state index contributed by atoms with van der Waals surface area (Å²) in [6.07, 6.45) is 14.2. The summed E-state index contributed by atoms with van der Waals surface area (Å²) < 4.78 is 5.90. The summed E-state index contributed by atoms with van der Waals surface area (Å²) in [5.74, 6) is -2.51. The predicted octanol–water partition coefficient (Wildman–Crippen LogP) is 5.55. The van der Waals surface area contributed by atoms with Gasteiger partial charge in [-0.3, -0.25) is 9.59 Å². The molecule has 0 saturated carbocycles. The minimum atomic E-state index is -1.39. The summed E-state index contributed by atoms with van der Waals surface area (Å²) in [6.45, 7) is 2.77. The highest BCUT2D eigenvalue weighted by molar-refractivity contribution is 6.15. The number of hydrogen-bond acceptors (Lipinski definition) is 7. The molecular weight excluding hydrogens is 460 g/mol. The topological polar surface area (TPSA) is 121 Å². The van der Waals surface area contributed by atoms with Crippen LogP contribution in [0.25, 0.3) is 0 Å². The van der Waals surface area contributed by atoms with Gasteiger partial charge in [-0.25, -0.2) is 4.79 Å². The first kappa shape index (κ1) is 27.1. The molecule has 0 aliphatic carbocycles. The van der Waals surface area contributed by atoms with Crippen molar-refractivity contribution in [2.45, 2.75) is 84.0 Å². The molecule has 3 rings (SSSR count). The fourth-order valence-corrected chi connectivity index (χ4v) is 4.41. The molecule has 1 fully saturated rings. The van der Waals surface area contributed by atoms with Crippen molar-refractivity contribution >= 4 is 23.6 Å². The lowest BCUT2D eigenvalue weighted by atomic mass is 10.0. The highest BCUT2D eigenvalue weighted by Gasteiger charge is 2.51. The number of ether oxygens (including phenoxy) is 1. The molecule has 2 aliphatic heterocycles. The lowest BCUT2D eigenvalue weighted by Gasteiger charge is -2.13. The van der Waals surface area contributed by atoms with Crippen LogP contribution in [0.4, 0.5) is 10.5 Å². The van der Waals surface area contributed by atoms with E-state index in [2.05, 4.69) is 22.6 Å². The zero-order valence-electron chi connectivity index (χ0n) is 21.0. The van der Waals surface area contributed by atoms with Gasteiger partial charge in [-0.15, -0.1) is 0 Å². The van der Waals surface area contributed by atoms with E-state index in [1.54, 1.807) is 30.3 Å². The molecule has 194 valence electrons. The Hall–Kier alpha value is -3.54. The third-order valence-corrected chi connectivity index (χ3v) is 6.42. The van der Waals surface area contributed by atoms with Crippen LogP contribution < -0.4 is 15.5 Å². The van der Waals surface area contributed by atoms with Crippen LogP contribution in [-0.4, -0.2) is 29.4 Å². The van der Waals surface area contributed by atoms with Crippen molar-refractivity contribution in [1.29, 1.82) is 5.26 Å². The van der Waals surface area contributed by atoms with Gasteiger partial charge in [0.1, 0.15) is 5.75 Å². The SMILES string of the molecule is CCCCCCCCCCCCCCOc1ccccc1NC(=O)C1=C2NOC(=O)N2C(=O)C1C#N. The van der Waals surface area contributed by atoms with Crippen LogP contribution >= 0.6 is 0 Å². The Morgan fingerprint density at radius 3 is 2.28 bits per heavy atom. The number of para-hydroxylation sites is 2. The van der Waals surface area contributed by atoms with Crippen molar-refractivity contribution in [2.24, 2.45) is 5.92 Å². The van der Waals surface area contributed by atoms with E-state index in [0.717, 1.165) is 12.8 Å². The van der Waals surface area contributed by atoms with Gasteiger partial charge in [0.05, 0.1) is 23.9 Å². The molecular formula is C27H36N4O5. The molecule has 0 bridgehead atoms. The average Bonchev–Trinajstić information content (AvgIpc) is 3.39. The van der Waals surface area contributed by atoms with Gasteiger partial charge in [-0.1, -0.05) is 89.7 Å².